The lowest BCUT2D eigenvalue weighted by Crippen LogP contribution is -2.25. The zero-order valence-corrected chi connectivity index (χ0v) is 13.0. The maximum atomic E-state index is 6.06. The van der Waals surface area contributed by atoms with Gasteiger partial charge in [-0.1, -0.05) is 6.07 Å². The predicted molar refractivity (Wildman–Crippen MR) is 84.9 cm³/mol. The lowest BCUT2D eigenvalue weighted by molar-refractivity contribution is 0.191. The van der Waals surface area contributed by atoms with Gasteiger partial charge in [0, 0.05) is 58.5 Å². The second kappa shape index (κ2) is 6.70. The first-order valence-electron chi connectivity index (χ1n) is 7.48. The summed E-state index contributed by atoms with van der Waals surface area (Å²) in [7, 11) is 3.89. The summed E-state index contributed by atoms with van der Waals surface area (Å²) >= 11 is 0. The summed E-state index contributed by atoms with van der Waals surface area (Å²) in [6.45, 7) is 2.84. The first kappa shape index (κ1) is 14.7. The van der Waals surface area contributed by atoms with Crippen LogP contribution in [0.15, 0.2) is 36.9 Å². The van der Waals surface area contributed by atoms with Crippen LogP contribution in [0.1, 0.15) is 12.0 Å². The molecule has 2 aromatic rings. The van der Waals surface area contributed by atoms with Gasteiger partial charge in [0.2, 0.25) is 0 Å². The van der Waals surface area contributed by atoms with E-state index in [9.17, 15) is 0 Å². The monoisotopic (exact) mass is 299 g/mol. The van der Waals surface area contributed by atoms with Crippen molar-refractivity contribution in [3.63, 3.8) is 0 Å². The van der Waals surface area contributed by atoms with E-state index < -0.39 is 0 Å². The van der Waals surface area contributed by atoms with E-state index in [1.54, 1.807) is 18.6 Å². The third kappa shape index (κ3) is 3.51. The summed E-state index contributed by atoms with van der Waals surface area (Å²) in [6.07, 6.45) is 8.24. The molecule has 0 bridgehead atoms. The number of aromatic nitrogens is 3. The lowest BCUT2D eigenvalue weighted by atomic mass is 10.3. The highest BCUT2D eigenvalue weighted by molar-refractivity contribution is 5.46. The average molecular weight is 299 g/mol. The molecule has 0 saturated carbocycles. The van der Waals surface area contributed by atoms with E-state index in [-0.39, 0.29) is 6.10 Å². The van der Waals surface area contributed by atoms with Gasteiger partial charge in [-0.2, -0.15) is 0 Å². The van der Waals surface area contributed by atoms with E-state index in [2.05, 4.69) is 25.9 Å². The highest BCUT2D eigenvalue weighted by Gasteiger charge is 2.25. The molecular formula is C16H21N5O. The predicted octanol–water partition coefficient (Wildman–Crippen LogP) is 1.59. The Morgan fingerprint density at radius 3 is 2.91 bits per heavy atom. The van der Waals surface area contributed by atoms with Crippen molar-refractivity contribution in [3.05, 3.63) is 42.5 Å². The molecule has 0 amide bonds. The molecule has 0 aromatic carbocycles. The van der Waals surface area contributed by atoms with Crippen LogP contribution in [0, 0.1) is 0 Å². The quantitative estimate of drug-likeness (QED) is 0.836. The van der Waals surface area contributed by atoms with Crippen molar-refractivity contribution in [2.45, 2.75) is 19.1 Å². The molecule has 116 valence electrons. The highest BCUT2D eigenvalue weighted by atomic mass is 16.5. The fraction of sp³-hybridized carbons (Fsp3) is 0.438. The van der Waals surface area contributed by atoms with Crippen molar-refractivity contribution in [2.75, 3.05) is 32.1 Å². The van der Waals surface area contributed by atoms with Gasteiger partial charge in [-0.25, -0.2) is 9.97 Å². The van der Waals surface area contributed by atoms with Crippen LogP contribution in [0.2, 0.25) is 0 Å². The number of hydrogen-bond acceptors (Lipinski definition) is 6. The van der Waals surface area contributed by atoms with Gasteiger partial charge in [-0.3, -0.25) is 9.88 Å². The summed E-state index contributed by atoms with van der Waals surface area (Å²) in [5.74, 6) is 1.38. The lowest BCUT2D eigenvalue weighted by Gasteiger charge is -2.19. The van der Waals surface area contributed by atoms with Crippen molar-refractivity contribution in [1.29, 1.82) is 0 Å². The van der Waals surface area contributed by atoms with Gasteiger partial charge in [-0.15, -0.1) is 0 Å². The van der Waals surface area contributed by atoms with E-state index in [0.29, 0.717) is 5.88 Å². The number of pyridine rings is 1. The summed E-state index contributed by atoms with van der Waals surface area (Å²) in [4.78, 5) is 17.1. The minimum Gasteiger partial charge on any atom is -0.470 e. The maximum absolute atomic E-state index is 6.06. The van der Waals surface area contributed by atoms with Gasteiger partial charge in [0.05, 0.1) is 0 Å². The largest absolute Gasteiger partial charge is 0.470 e. The minimum atomic E-state index is 0.159. The van der Waals surface area contributed by atoms with Crippen molar-refractivity contribution in [3.8, 4) is 5.88 Å². The molecule has 0 N–H and O–H groups in total. The Bertz CT molecular complexity index is 604. The average Bonchev–Trinajstić information content (AvgIpc) is 2.96. The van der Waals surface area contributed by atoms with Gasteiger partial charge in [0.15, 0.2) is 5.82 Å². The number of nitrogens with zero attached hydrogens (tertiary/aromatic N) is 5. The van der Waals surface area contributed by atoms with Gasteiger partial charge in [0.25, 0.3) is 5.88 Å². The Labute approximate surface area is 130 Å². The van der Waals surface area contributed by atoms with E-state index in [4.69, 9.17) is 4.74 Å². The van der Waals surface area contributed by atoms with Crippen LogP contribution in [-0.2, 0) is 6.54 Å². The summed E-state index contributed by atoms with van der Waals surface area (Å²) in [5.41, 5.74) is 1.23. The number of ether oxygens (including phenoxy) is 1. The number of rotatable bonds is 5. The Morgan fingerprint density at radius 1 is 1.27 bits per heavy atom. The first-order chi connectivity index (χ1) is 10.7. The van der Waals surface area contributed by atoms with Gasteiger partial charge in [-0.05, 0) is 18.1 Å². The number of anilines is 1. The van der Waals surface area contributed by atoms with Crippen molar-refractivity contribution in [1.82, 2.24) is 19.9 Å². The van der Waals surface area contributed by atoms with Crippen molar-refractivity contribution in [2.24, 2.45) is 0 Å². The van der Waals surface area contributed by atoms with Crippen molar-refractivity contribution >= 4 is 5.82 Å². The van der Waals surface area contributed by atoms with Crippen LogP contribution in [-0.4, -0.2) is 53.1 Å². The third-order valence-electron chi connectivity index (χ3n) is 3.71. The molecular weight excluding hydrogens is 278 g/mol. The summed E-state index contributed by atoms with van der Waals surface area (Å²) in [6, 6.07) is 4.08. The SMILES string of the molecule is CN(C)c1nccnc1OC1CCN(Cc2cccnc2)C1. The molecule has 22 heavy (non-hydrogen) atoms. The normalized spacial score (nSPS) is 18.4. The van der Waals surface area contributed by atoms with E-state index in [0.717, 1.165) is 31.9 Å². The molecule has 0 spiro atoms. The molecule has 6 nitrogen and oxygen atoms in total. The summed E-state index contributed by atoms with van der Waals surface area (Å²) < 4.78 is 6.06. The van der Waals surface area contributed by atoms with Gasteiger partial charge >= 0.3 is 0 Å². The van der Waals surface area contributed by atoms with E-state index in [1.165, 1.54) is 5.56 Å². The van der Waals surface area contributed by atoms with Gasteiger partial charge in [0.1, 0.15) is 6.10 Å². The number of likely N-dealkylation sites (tertiary alicyclic amines) is 1. The van der Waals surface area contributed by atoms with E-state index >= 15 is 0 Å². The van der Waals surface area contributed by atoms with Crippen LogP contribution >= 0.6 is 0 Å². The molecule has 0 aliphatic carbocycles. The molecule has 1 aliphatic heterocycles. The Morgan fingerprint density at radius 2 is 2.14 bits per heavy atom. The third-order valence-corrected chi connectivity index (χ3v) is 3.71. The molecule has 1 atom stereocenters. The smallest absolute Gasteiger partial charge is 0.257 e. The topological polar surface area (TPSA) is 54.4 Å². The Kier molecular flexibility index (Phi) is 4.48. The second-order valence-electron chi connectivity index (χ2n) is 5.70. The molecule has 1 aliphatic rings. The first-order valence-corrected chi connectivity index (χ1v) is 7.48. The zero-order valence-electron chi connectivity index (χ0n) is 13.0. The molecule has 0 radical (unpaired) electrons. The molecule has 1 saturated heterocycles. The van der Waals surface area contributed by atoms with Crippen LogP contribution in [0.3, 0.4) is 0 Å². The van der Waals surface area contributed by atoms with Gasteiger partial charge < -0.3 is 9.64 Å². The maximum Gasteiger partial charge on any atom is 0.257 e. The van der Waals surface area contributed by atoms with Crippen LogP contribution in [0.4, 0.5) is 5.82 Å². The highest BCUT2D eigenvalue weighted by Crippen LogP contribution is 2.24. The molecule has 3 rings (SSSR count). The fourth-order valence-corrected chi connectivity index (χ4v) is 2.65. The van der Waals surface area contributed by atoms with Crippen molar-refractivity contribution < 1.29 is 4.74 Å². The zero-order chi connectivity index (χ0) is 15.4. The standard InChI is InChI=1S/C16H21N5O/c1-20(2)15-16(19-8-7-18-15)22-14-5-9-21(12-14)11-13-4-3-6-17-10-13/h3-4,6-8,10,14H,5,9,11-12H2,1-2H3. The molecule has 6 heteroatoms. The minimum absolute atomic E-state index is 0.159. The fourth-order valence-electron chi connectivity index (χ4n) is 2.65. The van der Waals surface area contributed by atoms with Crippen LogP contribution in [0.5, 0.6) is 5.88 Å². The second-order valence-corrected chi connectivity index (χ2v) is 5.70. The number of hydrogen-bond donors (Lipinski definition) is 0. The van der Waals surface area contributed by atoms with Crippen LogP contribution < -0.4 is 9.64 Å². The Balaban J connectivity index is 1.59. The van der Waals surface area contributed by atoms with E-state index in [1.807, 2.05) is 31.3 Å². The van der Waals surface area contributed by atoms with Crippen LogP contribution in [0.25, 0.3) is 0 Å². The molecule has 2 aromatic heterocycles. The molecule has 1 unspecified atom stereocenters. The molecule has 1 fully saturated rings. The Hall–Kier alpha value is -2.21. The molecule has 3 heterocycles. The summed E-state index contributed by atoms with van der Waals surface area (Å²) in [5, 5.41) is 0.